The topological polar surface area (TPSA) is 46.9 Å². The van der Waals surface area contributed by atoms with Crippen LogP contribution in [0.5, 0.6) is 0 Å². The molecule has 29 heavy (non-hydrogen) atoms. The fourth-order valence-corrected chi connectivity index (χ4v) is 3.76. The Morgan fingerprint density at radius 3 is 2.66 bits per heavy atom. The second-order valence-corrected chi connectivity index (χ2v) is 7.45. The molecule has 1 N–H and O–H groups in total. The molecule has 4 heteroatoms. The Morgan fingerprint density at radius 1 is 1.07 bits per heavy atom. The van der Waals surface area contributed by atoms with Gasteiger partial charge in [-0.3, -0.25) is 4.79 Å². The molecule has 0 aliphatic rings. The van der Waals surface area contributed by atoms with Crippen LogP contribution in [-0.2, 0) is 6.54 Å². The summed E-state index contributed by atoms with van der Waals surface area (Å²) < 4.78 is 2.02. The van der Waals surface area contributed by atoms with Gasteiger partial charge in [-0.05, 0) is 43.9 Å². The Hall–Kier alpha value is -3.24. The first-order chi connectivity index (χ1) is 14.0. The first-order valence-electron chi connectivity index (χ1n) is 9.90. The number of hydrogen-bond acceptors (Lipinski definition) is 3. The lowest BCUT2D eigenvalue weighted by Gasteiger charge is -2.15. The summed E-state index contributed by atoms with van der Waals surface area (Å²) in [6.45, 7) is 6.55. The first-order valence-corrected chi connectivity index (χ1v) is 9.90. The molecule has 4 nitrogen and oxygen atoms in total. The lowest BCUT2D eigenvalue weighted by Crippen LogP contribution is -2.19. The molecule has 0 amide bonds. The van der Waals surface area contributed by atoms with E-state index in [1.165, 1.54) is 16.3 Å². The Morgan fingerprint density at radius 2 is 1.83 bits per heavy atom. The van der Waals surface area contributed by atoms with Gasteiger partial charge in [-0.1, -0.05) is 54.6 Å². The van der Waals surface area contributed by atoms with Crippen molar-refractivity contribution in [3.8, 4) is 5.69 Å². The highest BCUT2D eigenvalue weighted by molar-refractivity contribution is 5.94. The van der Waals surface area contributed by atoms with Crippen molar-refractivity contribution in [1.82, 2.24) is 15.1 Å². The largest absolute Gasteiger partial charge is 0.306 e. The zero-order valence-corrected chi connectivity index (χ0v) is 17.0. The van der Waals surface area contributed by atoms with E-state index in [0.717, 1.165) is 22.5 Å². The lowest BCUT2D eigenvalue weighted by molar-refractivity contribution is 0.101. The van der Waals surface area contributed by atoms with Crippen LogP contribution in [0.15, 0.2) is 72.9 Å². The van der Waals surface area contributed by atoms with Crippen LogP contribution in [-0.4, -0.2) is 15.6 Å². The highest BCUT2D eigenvalue weighted by Gasteiger charge is 2.15. The van der Waals surface area contributed by atoms with Gasteiger partial charge in [0.05, 0.1) is 11.9 Å². The van der Waals surface area contributed by atoms with Crippen molar-refractivity contribution in [2.75, 3.05) is 0 Å². The summed E-state index contributed by atoms with van der Waals surface area (Å²) in [4.78, 5) is 11.6. The summed E-state index contributed by atoms with van der Waals surface area (Å²) in [5, 5.41) is 10.6. The molecule has 0 fully saturated rings. The average Bonchev–Trinajstić information content (AvgIpc) is 3.13. The molecule has 1 unspecified atom stereocenters. The van der Waals surface area contributed by atoms with Crippen molar-refractivity contribution in [3.05, 3.63) is 95.3 Å². The van der Waals surface area contributed by atoms with Crippen molar-refractivity contribution < 1.29 is 4.79 Å². The predicted molar refractivity (Wildman–Crippen MR) is 118 cm³/mol. The number of fused-ring (bicyclic) bond motifs is 1. The Bertz CT molecular complexity index is 1170. The molecule has 0 aliphatic heterocycles. The number of carbonyl (C=O) groups is 1. The Balaban J connectivity index is 1.57. The number of nitrogens with one attached hydrogen (secondary N) is 1. The van der Waals surface area contributed by atoms with Crippen LogP contribution in [0.2, 0.25) is 0 Å². The minimum Gasteiger partial charge on any atom is -0.306 e. The van der Waals surface area contributed by atoms with Crippen molar-refractivity contribution in [1.29, 1.82) is 0 Å². The van der Waals surface area contributed by atoms with Crippen LogP contribution < -0.4 is 5.32 Å². The second kappa shape index (κ2) is 8.02. The van der Waals surface area contributed by atoms with Crippen molar-refractivity contribution in [3.63, 3.8) is 0 Å². The molecule has 0 aliphatic carbocycles. The summed E-state index contributed by atoms with van der Waals surface area (Å²) in [7, 11) is 0. The number of nitrogens with zero attached hydrogens (tertiary/aromatic N) is 2. The zero-order chi connectivity index (χ0) is 20.4. The van der Waals surface area contributed by atoms with E-state index in [-0.39, 0.29) is 11.8 Å². The number of aromatic nitrogens is 2. The van der Waals surface area contributed by atoms with Gasteiger partial charge in [0.1, 0.15) is 0 Å². The highest BCUT2D eigenvalue weighted by atomic mass is 16.1. The van der Waals surface area contributed by atoms with Crippen LogP contribution in [0.25, 0.3) is 16.5 Å². The molecule has 0 saturated carbocycles. The summed E-state index contributed by atoms with van der Waals surface area (Å²) in [6, 6.07) is 22.6. The maximum atomic E-state index is 11.6. The third-order valence-corrected chi connectivity index (χ3v) is 5.45. The molecule has 0 spiro atoms. The van der Waals surface area contributed by atoms with Gasteiger partial charge in [0.2, 0.25) is 0 Å². The van der Waals surface area contributed by atoms with Gasteiger partial charge >= 0.3 is 0 Å². The van der Waals surface area contributed by atoms with E-state index in [1.807, 2.05) is 35.1 Å². The van der Waals surface area contributed by atoms with Gasteiger partial charge in [-0.2, -0.15) is 5.10 Å². The first kappa shape index (κ1) is 19.1. The van der Waals surface area contributed by atoms with Gasteiger partial charge in [0.15, 0.2) is 5.78 Å². The lowest BCUT2D eigenvalue weighted by atomic mass is 10.1. The molecule has 146 valence electrons. The van der Waals surface area contributed by atoms with Crippen LogP contribution >= 0.6 is 0 Å². The maximum Gasteiger partial charge on any atom is 0.159 e. The molecule has 1 aromatic heterocycles. The van der Waals surface area contributed by atoms with Crippen LogP contribution in [0.1, 0.15) is 47.1 Å². The Labute approximate surface area is 171 Å². The summed E-state index contributed by atoms with van der Waals surface area (Å²) in [6.07, 6.45) is 1.95. The van der Waals surface area contributed by atoms with Gasteiger partial charge in [0, 0.05) is 34.8 Å². The highest BCUT2D eigenvalue weighted by Crippen LogP contribution is 2.26. The Kier molecular flexibility index (Phi) is 5.28. The quantitative estimate of drug-likeness (QED) is 0.454. The predicted octanol–water partition coefficient (Wildman–Crippen LogP) is 5.39. The molecule has 0 bridgehead atoms. The van der Waals surface area contributed by atoms with Gasteiger partial charge in [-0.25, -0.2) is 4.68 Å². The van der Waals surface area contributed by atoms with E-state index in [4.69, 9.17) is 0 Å². The summed E-state index contributed by atoms with van der Waals surface area (Å²) >= 11 is 0. The normalized spacial score (nSPS) is 12.2. The number of carbonyl (C=O) groups excluding carboxylic acids is 1. The molecule has 3 aromatic carbocycles. The van der Waals surface area contributed by atoms with Gasteiger partial charge in [0.25, 0.3) is 0 Å². The smallest absolute Gasteiger partial charge is 0.159 e. The van der Waals surface area contributed by atoms with E-state index in [1.54, 1.807) is 6.92 Å². The number of hydrogen-bond donors (Lipinski definition) is 1. The number of ketones is 1. The van der Waals surface area contributed by atoms with E-state index in [9.17, 15) is 4.79 Å². The van der Waals surface area contributed by atoms with Crippen molar-refractivity contribution >= 4 is 16.6 Å². The van der Waals surface area contributed by atoms with Crippen LogP contribution in [0, 0.1) is 6.92 Å². The standard InChI is InChI=1S/C25H25N3O/c1-17(26-15-20-8-6-11-22(14-20)19(3)29)24-16-27-28(18(24)2)25-13-7-10-21-9-4-5-12-23(21)25/h4-14,16-17,26H,15H2,1-3H3. The molecular weight excluding hydrogens is 358 g/mol. The fraction of sp³-hybridized carbons (Fsp3) is 0.200. The van der Waals surface area contributed by atoms with Crippen molar-refractivity contribution in [2.45, 2.75) is 33.4 Å². The number of Topliss-reactive ketones (excluding diaryl/α,β-unsaturated/α-hetero) is 1. The summed E-state index contributed by atoms with van der Waals surface area (Å²) in [5.74, 6) is 0.0899. The van der Waals surface area contributed by atoms with Gasteiger partial charge < -0.3 is 5.32 Å². The molecule has 1 heterocycles. The van der Waals surface area contributed by atoms with E-state index < -0.39 is 0 Å². The monoisotopic (exact) mass is 383 g/mol. The fourth-order valence-electron chi connectivity index (χ4n) is 3.76. The SMILES string of the molecule is CC(=O)c1cccc(CNC(C)c2cnn(-c3cccc4ccccc34)c2C)c1. The molecule has 4 aromatic rings. The third-order valence-electron chi connectivity index (χ3n) is 5.45. The van der Waals surface area contributed by atoms with E-state index >= 15 is 0 Å². The molecule has 4 rings (SSSR count). The summed E-state index contributed by atoms with van der Waals surface area (Å²) in [5.41, 5.74) is 5.23. The number of benzene rings is 3. The zero-order valence-electron chi connectivity index (χ0n) is 17.0. The third kappa shape index (κ3) is 3.84. The van der Waals surface area contributed by atoms with Crippen LogP contribution in [0.3, 0.4) is 0 Å². The molecular formula is C25H25N3O. The maximum absolute atomic E-state index is 11.6. The van der Waals surface area contributed by atoms with Gasteiger partial charge in [-0.15, -0.1) is 0 Å². The minimum atomic E-state index is 0.0899. The van der Waals surface area contributed by atoms with E-state index in [2.05, 4.69) is 66.7 Å². The molecule has 1 atom stereocenters. The second-order valence-electron chi connectivity index (χ2n) is 7.45. The minimum absolute atomic E-state index is 0.0899. The average molecular weight is 383 g/mol. The van der Waals surface area contributed by atoms with Crippen molar-refractivity contribution in [2.24, 2.45) is 0 Å². The van der Waals surface area contributed by atoms with Crippen LogP contribution in [0.4, 0.5) is 0 Å². The van der Waals surface area contributed by atoms with E-state index in [0.29, 0.717) is 6.54 Å². The molecule has 0 radical (unpaired) electrons. The number of rotatable bonds is 6. The molecule has 0 saturated heterocycles.